The Morgan fingerprint density at radius 3 is 3.16 bits per heavy atom. The minimum absolute atomic E-state index is 0.578. The second-order valence-corrected chi connectivity index (χ2v) is 5.20. The fraction of sp³-hybridized carbons (Fsp3) is 0.400. The lowest BCUT2D eigenvalue weighted by molar-refractivity contribution is 0.249. The summed E-state index contributed by atoms with van der Waals surface area (Å²) in [6, 6.07) is 8.89. The molecule has 1 N–H and O–H groups in total. The molecule has 4 nitrogen and oxygen atoms in total. The van der Waals surface area contributed by atoms with Crippen molar-refractivity contribution >= 4 is 5.52 Å². The Hall–Kier alpha value is -1.83. The summed E-state index contributed by atoms with van der Waals surface area (Å²) < 4.78 is 2.04. The first-order valence-corrected chi connectivity index (χ1v) is 6.69. The molecule has 2 aromatic heterocycles. The predicted molar refractivity (Wildman–Crippen MR) is 74.9 cm³/mol. The molecule has 3 heterocycles. The highest BCUT2D eigenvalue weighted by atomic mass is 15.2. The number of hydrogen-bond acceptors (Lipinski definition) is 3. The molecule has 98 valence electrons. The number of nitrogens with zero attached hydrogens (tertiary/aromatic N) is 3. The van der Waals surface area contributed by atoms with Crippen LogP contribution in [0, 0.1) is 11.3 Å². The van der Waals surface area contributed by atoms with Crippen molar-refractivity contribution in [3.8, 4) is 6.07 Å². The summed E-state index contributed by atoms with van der Waals surface area (Å²) >= 11 is 0. The molecule has 0 aromatic carbocycles. The highest BCUT2D eigenvalue weighted by molar-refractivity contribution is 5.65. The maximum absolute atomic E-state index is 9.39. The van der Waals surface area contributed by atoms with Gasteiger partial charge >= 0.3 is 0 Å². The minimum atomic E-state index is 0.578. The lowest BCUT2D eigenvalue weighted by Gasteiger charge is -2.22. The van der Waals surface area contributed by atoms with Crippen molar-refractivity contribution in [2.75, 3.05) is 20.1 Å². The molecule has 1 saturated heterocycles. The topological polar surface area (TPSA) is 43.5 Å². The van der Waals surface area contributed by atoms with Crippen molar-refractivity contribution in [1.82, 2.24) is 14.6 Å². The van der Waals surface area contributed by atoms with Crippen molar-refractivity contribution in [1.29, 1.82) is 5.26 Å². The van der Waals surface area contributed by atoms with E-state index >= 15 is 0 Å². The molecule has 0 bridgehead atoms. The molecule has 0 spiro atoms. The highest BCUT2D eigenvalue weighted by Crippen LogP contribution is 2.20. The molecule has 1 atom stereocenters. The van der Waals surface area contributed by atoms with Crippen molar-refractivity contribution in [2.24, 2.45) is 0 Å². The van der Waals surface area contributed by atoms with E-state index in [0.29, 0.717) is 6.04 Å². The smallest absolute Gasteiger partial charge is 0.102 e. The first-order valence-electron chi connectivity index (χ1n) is 6.69. The monoisotopic (exact) mass is 254 g/mol. The van der Waals surface area contributed by atoms with Crippen LogP contribution in [0.2, 0.25) is 0 Å². The molecule has 1 unspecified atom stereocenters. The van der Waals surface area contributed by atoms with E-state index in [9.17, 15) is 5.26 Å². The minimum Gasteiger partial charge on any atom is -0.322 e. The molecule has 3 rings (SSSR count). The van der Waals surface area contributed by atoms with Gasteiger partial charge in [-0.2, -0.15) is 5.26 Å². The molecule has 1 aliphatic heterocycles. The SMILES string of the molecule is CN(Cc1cn2ccccc2c1C#N)C1CCNC1. The predicted octanol–water partition coefficient (Wildman–Crippen LogP) is 1.60. The third-order valence-corrected chi connectivity index (χ3v) is 3.95. The van der Waals surface area contributed by atoms with Crippen molar-refractivity contribution < 1.29 is 0 Å². The Morgan fingerprint density at radius 2 is 2.42 bits per heavy atom. The molecule has 4 heteroatoms. The molecule has 1 fully saturated rings. The van der Waals surface area contributed by atoms with Gasteiger partial charge in [0.25, 0.3) is 0 Å². The number of nitrogens with one attached hydrogen (secondary N) is 1. The Morgan fingerprint density at radius 1 is 1.53 bits per heavy atom. The molecule has 0 radical (unpaired) electrons. The lowest BCUT2D eigenvalue weighted by atomic mass is 10.1. The number of likely N-dealkylation sites (N-methyl/N-ethyl adjacent to an activating group) is 1. The van der Waals surface area contributed by atoms with Gasteiger partial charge in [0.05, 0.1) is 11.1 Å². The van der Waals surface area contributed by atoms with Crippen LogP contribution in [0.1, 0.15) is 17.5 Å². The summed E-state index contributed by atoms with van der Waals surface area (Å²) in [5.41, 5.74) is 2.92. The number of pyridine rings is 1. The lowest BCUT2D eigenvalue weighted by Crippen LogP contribution is -2.32. The molecular weight excluding hydrogens is 236 g/mol. The Kier molecular flexibility index (Phi) is 3.24. The Labute approximate surface area is 113 Å². The maximum Gasteiger partial charge on any atom is 0.102 e. The van der Waals surface area contributed by atoms with Gasteiger partial charge in [-0.1, -0.05) is 6.07 Å². The molecule has 1 aliphatic rings. The Bertz CT molecular complexity index is 617. The van der Waals surface area contributed by atoms with Gasteiger partial charge in [-0.15, -0.1) is 0 Å². The van der Waals surface area contributed by atoms with Gasteiger partial charge in [-0.05, 0) is 32.1 Å². The molecular formula is C15H18N4. The van der Waals surface area contributed by atoms with Gasteiger partial charge in [-0.25, -0.2) is 0 Å². The maximum atomic E-state index is 9.39. The van der Waals surface area contributed by atoms with Crippen LogP contribution in [0.25, 0.3) is 5.52 Å². The average Bonchev–Trinajstić information content (AvgIpc) is 3.05. The zero-order chi connectivity index (χ0) is 13.2. The normalized spacial score (nSPS) is 19.1. The van der Waals surface area contributed by atoms with Gasteiger partial charge in [0, 0.05) is 37.1 Å². The standard InChI is InChI=1S/C15H18N4/c1-18(13-5-6-17-9-13)10-12-11-19-7-3-2-4-15(19)14(12)8-16/h2-4,7,11,13,17H,5-6,9-10H2,1H3. The van der Waals surface area contributed by atoms with Gasteiger partial charge in [0.2, 0.25) is 0 Å². The molecule has 0 aliphatic carbocycles. The van der Waals surface area contributed by atoms with E-state index in [2.05, 4.69) is 29.5 Å². The number of fused-ring (bicyclic) bond motifs is 1. The summed E-state index contributed by atoms with van der Waals surface area (Å²) in [6.07, 6.45) is 5.26. The number of aromatic nitrogens is 1. The van der Waals surface area contributed by atoms with E-state index in [0.717, 1.165) is 36.3 Å². The van der Waals surface area contributed by atoms with Gasteiger partial charge < -0.3 is 9.72 Å². The molecule has 0 amide bonds. The van der Waals surface area contributed by atoms with Crippen LogP contribution in [-0.4, -0.2) is 35.5 Å². The third-order valence-electron chi connectivity index (χ3n) is 3.95. The number of rotatable bonds is 3. The van der Waals surface area contributed by atoms with Gasteiger partial charge in [0.15, 0.2) is 0 Å². The number of nitriles is 1. The number of hydrogen-bond donors (Lipinski definition) is 1. The van der Waals surface area contributed by atoms with E-state index in [-0.39, 0.29) is 0 Å². The molecule has 19 heavy (non-hydrogen) atoms. The van der Waals surface area contributed by atoms with Crippen molar-refractivity contribution in [2.45, 2.75) is 19.0 Å². The fourth-order valence-electron chi connectivity index (χ4n) is 2.84. The summed E-state index contributed by atoms with van der Waals surface area (Å²) in [6.45, 7) is 2.97. The molecule has 0 saturated carbocycles. The van der Waals surface area contributed by atoms with Crippen LogP contribution in [-0.2, 0) is 6.54 Å². The van der Waals surface area contributed by atoms with E-state index in [1.165, 1.54) is 6.42 Å². The van der Waals surface area contributed by atoms with Gasteiger partial charge in [0.1, 0.15) is 6.07 Å². The summed E-state index contributed by atoms with van der Waals surface area (Å²) in [5, 5.41) is 12.8. The second-order valence-electron chi connectivity index (χ2n) is 5.20. The third kappa shape index (κ3) is 2.23. The first kappa shape index (κ1) is 12.2. The summed E-state index contributed by atoms with van der Waals surface area (Å²) in [4.78, 5) is 2.34. The fourth-order valence-corrected chi connectivity index (χ4v) is 2.84. The average molecular weight is 254 g/mol. The highest BCUT2D eigenvalue weighted by Gasteiger charge is 2.21. The van der Waals surface area contributed by atoms with E-state index in [4.69, 9.17) is 0 Å². The Balaban J connectivity index is 1.90. The van der Waals surface area contributed by atoms with Crippen LogP contribution >= 0.6 is 0 Å². The largest absolute Gasteiger partial charge is 0.322 e. The zero-order valence-electron chi connectivity index (χ0n) is 11.1. The quantitative estimate of drug-likeness (QED) is 0.905. The van der Waals surface area contributed by atoms with Crippen molar-refractivity contribution in [3.05, 3.63) is 41.7 Å². The van der Waals surface area contributed by atoms with Crippen LogP contribution < -0.4 is 5.32 Å². The van der Waals surface area contributed by atoms with Gasteiger partial charge in [-0.3, -0.25) is 4.90 Å². The summed E-state index contributed by atoms with van der Waals surface area (Å²) in [7, 11) is 2.14. The first-order chi connectivity index (χ1) is 9.29. The van der Waals surface area contributed by atoms with Crippen LogP contribution in [0.3, 0.4) is 0 Å². The van der Waals surface area contributed by atoms with E-state index in [1.807, 2.05) is 28.8 Å². The zero-order valence-corrected chi connectivity index (χ0v) is 11.1. The van der Waals surface area contributed by atoms with Crippen LogP contribution in [0.15, 0.2) is 30.6 Å². The van der Waals surface area contributed by atoms with Crippen LogP contribution in [0.5, 0.6) is 0 Å². The summed E-state index contributed by atoms with van der Waals surface area (Å²) in [5.74, 6) is 0. The molecule has 2 aromatic rings. The van der Waals surface area contributed by atoms with E-state index in [1.54, 1.807) is 0 Å². The van der Waals surface area contributed by atoms with Crippen molar-refractivity contribution in [3.63, 3.8) is 0 Å². The van der Waals surface area contributed by atoms with Crippen LogP contribution in [0.4, 0.5) is 0 Å². The van der Waals surface area contributed by atoms with E-state index < -0.39 is 0 Å². The second kappa shape index (κ2) is 5.04.